The number of likely N-dealkylation sites (N-methyl/N-ethyl adjacent to an activating group) is 1. The highest BCUT2D eigenvalue weighted by molar-refractivity contribution is 5.60. The number of aromatic nitrogens is 1. The summed E-state index contributed by atoms with van der Waals surface area (Å²) in [7, 11) is 3.80. The van der Waals surface area contributed by atoms with Crippen LogP contribution in [0, 0.1) is 10.1 Å². The summed E-state index contributed by atoms with van der Waals surface area (Å²) in [6, 6.07) is 3.29. The van der Waals surface area contributed by atoms with Crippen LogP contribution in [0.25, 0.3) is 0 Å². The number of nitro groups is 1. The molecule has 1 aromatic heterocycles. The van der Waals surface area contributed by atoms with Gasteiger partial charge in [0.25, 0.3) is 0 Å². The van der Waals surface area contributed by atoms with Gasteiger partial charge in [-0.25, -0.2) is 4.98 Å². The molecule has 2 N–H and O–H groups in total. The smallest absolute Gasteiger partial charge is 0.311 e. The summed E-state index contributed by atoms with van der Waals surface area (Å²) >= 11 is 0. The molecule has 104 valence electrons. The van der Waals surface area contributed by atoms with Crippen LogP contribution in [-0.2, 0) is 0 Å². The Morgan fingerprint density at radius 2 is 2.32 bits per heavy atom. The molecule has 1 unspecified atom stereocenters. The van der Waals surface area contributed by atoms with Gasteiger partial charge in [-0.1, -0.05) is 0 Å². The van der Waals surface area contributed by atoms with Crippen molar-refractivity contribution in [3.63, 3.8) is 0 Å². The van der Waals surface area contributed by atoms with E-state index in [4.69, 9.17) is 0 Å². The fourth-order valence-electron chi connectivity index (χ4n) is 2.32. The summed E-state index contributed by atoms with van der Waals surface area (Å²) in [6.07, 6.45) is 2.10. The number of nitrogens with one attached hydrogen (secondary N) is 2. The molecule has 1 aliphatic heterocycles. The number of hydrogen-bond acceptors (Lipinski definition) is 6. The van der Waals surface area contributed by atoms with E-state index in [0.717, 1.165) is 25.9 Å². The van der Waals surface area contributed by atoms with Crippen LogP contribution in [0.5, 0.6) is 0 Å². The molecule has 1 aromatic rings. The molecule has 0 saturated carbocycles. The molecular formula is C12H19N5O2. The topological polar surface area (TPSA) is 83.3 Å². The summed E-state index contributed by atoms with van der Waals surface area (Å²) in [5.74, 6) is 0.967. The van der Waals surface area contributed by atoms with E-state index in [1.165, 1.54) is 6.07 Å². The third-order valence-corrected chi connectivity index (χ3v) is 3.29. The second-order valence-corrected chi connectivity index (χ2v) is 4.82. The summed E-state index contributed by atoms with van der Waals surface area (Å²) in [6.45, 7) is 1.95. The number of likely N-dealkylation sites (tertiary alicyclic amines) is 1. The average molecular weight is 265 g/mol. The molecule has 0 bridgehead atoms. The zero-order valence-electron chi connectivity index (χ0n) is 11.2. The Balaban J connectivity index is 2.19. The molecule has 1 aliphatic rings. The minimum Gasteiger partial charge on any atom is -0.373 e. The zero-order valence-corrected chi connectivity index (χ0v) is 11.2. The Labute approximate surface area is 112 Å². The van der Waals surface area contributed by atoms with E-state index in [1.807, 2.05) is 0 Å². The lowest BCUT2D eigenvalue weighted by Gasteiger charge is -2.30. The van der Waals surface area contributed by atoms with Crippen molar-refractivity contribution < 1.29 is 4.92 Å². The van der Waals surface area contributed by atoms with Crippen LogP contribution in [-0.4, -0.2) is 48.0 Å². The predicted octanol–water partition coefficient (Wildman–Crippen LogP) is 1.54. The Morgan fingerprint density at radius 1 is 1.53 bits per heavy atom. The summed E-state index contributed by atoms with van der Waals surface area (Å²) in [4.78, 5) is 17.1. The minimum absolute atomic E-state index is 0.0206. The third-order valence-electron chi connectivity index (χ3n) is 3.29. The largest absolute Gasteiger partial charge is 0.373 e. The number of piperidine rings is 1. The highest BCUT2D eigenvalue weighted by Crippen LogP contribution is 2.25. The average Bonchev–Trinajstić information content (AvgIpc) is 2.38. The Hall–Kier alpha value is -1.89. The van der Waals surface area contributed by atoms with Gasteiger partial charge in [-0.3, -0.25) is 10.1 Å². The van der Waals surface area contributed by atoms with Crippen LogP contribution in [0.2, 0.25) is 0 Å². The molecular weight excluding hydrogens is 246 g/mol. The number of hydrogen-bond donors (Lipinski definition) is 2. The number of anilines is 2. The quantitative estimate of drug-likeness (QED) is 0.634. The molecule has 19 heavy (non-hydrogen) atoms. The van der Waals surface area contributed by atoms with E-state index < -0.39 is 4.92 Å². The van der Waals surface area contributed by atoms with Crippen molar-refractivity contribution in [2.24, 2.45) is 0 Å². The van der Waals surface area contributed by atoms with Gasteiger partial charge in [-0.05, 0) is 32.5 Å². The third kappa shape index (κ3) is 3.31. The minimum atomic E-state index is -0.401. The second-order valence-electron chi connectivity index (χ2n) is 4.82. The van der Waals surface area contributed by atoms with E-state index in [9.17, 15) is 10.1 Å². The lowest BCUT2D eigenvalue weighted by atomic mass is 10.1. The van der Waals surface area contributed by atoms with Gasteiger partial charge in [0, 0.05) is 25.7 Å². The SMILES string of the molecule is CNc1ccc([N+](=O)[O-])c(NC2CCCN(C)C2)n1. The van der Waals surface area contributed by atoms with Crippen LogP contribution in [0.1, 0.15) is 12.8 Å². The molecule has 7 nitrogen and oxygen atoms in total. The maximum atomic E-state index is 11.0. The van der Waals surface area contributed by atoms with E-state index in [1.54, 1.807) is 13.1 Å². The van der Waals surface area contributed by atoms with E-state index in [-0.39, 0.29) is 11.7 Å². The van der Waals surface area contributed by atoms with Crippen LogP contribution in [0.15, 0.2) is 12.1 Å². The lowest BCUT2D eigenvalue weighted by Crippen LogP contribution is -2.40. The molecule has 1 atom stereocenters. The summed E-state index contributed by atoms with van der Waals surface area (Å²) in [5.41, 5.74) is 0.0206. The highest BCUT2D eigenvalue weighted by Gasteiger charge is 2.22. The molecule has 1 fully saturated rings. The normalized spacial score (nSPS) is 20.0. The first kappa shape index (κ1) is 13.5. The summed E-state index contributed by atoms with van der Waals surface area (Å²) < 4.78 is 0. The first-order valence-corrected chi connectivity index (χ1v) is 6.38. The zero-order chi connectivity index (χ0) is 13.8. The van der Waals surface area contributed by atoms with Crippen molar-refractivity contribution in [1.29, 1.82) is 0 Å². The fraction of sp³-hybridized carbons (Fsp3) is 0.583. The first-order chi connectivity index (χ1) is 9.10. The van der Waals surface area contributed by atoms with Gasteiger partial charge in [0.2, 0.25) is 5.82 Å². The van der Waals surface area contributed by atoms with E-state index in [2.05, 4.69) is 27.6 Å². The van der Waals surface area contributed by atoms with Gasteiger partial charge in [-0.15, -0.1) is 0 Å². The molecule has 7 heteroatoms. The van der Waals surface area contributed by atoms with E-state index >= 15 is 0 Å². The highest BCUT2D eigenvalue weighted by atomic mass is 16.6. The van der Waals surface area contributed by atoms with Crippen LogP contribution in [0.4, 0.5) is 17.3 Å². The number of pyridine rings is 1. The first-order valence-electron chi connectivity index (χ1n) is 6.38. The summed E-state index contributed by atoms with van der Waals surface area (Å²) in [5, 5.41) is 17.1. The van der Waals surface area contributed by atoms with Crippen molar-refractivity contribution >= 4 is 17.3 Å². The molecule has 2 rings (SSSR count). The van der Waals surface area contributed by atoms with Crippen molar-refractivity contribution in [2.45, 2.75) is 18.9 Å². The predicted molar refractivity (Wildman–Crippen MR) is 74.6 cm³/mol. The van der Waals surface area contributed by atoms with Crippen molar-refractivity contribution in [3.05, 3.63) is 22.2 Å². The molecule has 1 saturated heterocycles. The Bertz CT molecular complexity index is 465. The standard InChI is InChI=1S/C12H19N5O2/c1-13-11-6-5-10(17(18)19)12(15-11)14-9-4-3-7-16(2)8-9/h5-6,9H,3-4,7-8H2,1-2H3,(H2,13,14,15). The van der Waals surface area contributed by atoms with Crippen molar-refractivity contribution in [1.82, 2.24) is 9.88 Å². The van der Waals surface area contributed by atoms with Crippen LogP contribution < -0.4 is 10.6 Å². The molecule has 0 amide bonds. The van der Waals surface area contributed by atoms with Crippen LogP contribution in [0.3, 0.4) is 0 Å². The molecule has 0 aliphatic carbocycles. The fourth-order valence-corrected chi connectivity index (χ4v) is 2.32. The van der Waals surface area contributed by atoms with Gasteiger partial charge in [0.05, 0.1) is 4.92 Å². The number of rotatable bonds is 4. The second kappa shape index (κ2) is 5.83. The van der Waals surface area contributed by atoms with Crippen LogP contribution >= 0.6 is 0 Å². The van der Waals surface area contributed by atoms with E-state index in [0.29, 0.717) is 11.6 Å². The molecule has 2 heterocycles. The Morgan fingerprint density at radius 3 is 2.95 bits per heavy atom. The maximum Gasteiger partial charge on any atom is 0.311 e. The lowest BCUT2D eigenvalue weighted by molar-refractivity contribution is -0.384. The van der Waals surface area contributed by atoms with Gasteiger partial charge >= 0.3 is 5.69 Å². The Kier molecular flexibility index (Phi) is 4.16. The molecule has 0 aromatic carbocycles. The van der Waals surface area contributed by atoms with Gasteiger partial charge in [0.1, 0.15) is 5.82 Å². The maximum absolute atomic E-state index is 11.0. The monoisotopic (exact) mass is 265 g/mol. The van der Waals surface area contributed by atoms with Gasteiger partial charge in [0.15, 0.2) is 0 Å². The van der Waals surface area contributed by atoms with Crippen molar-refractivity contribution in [3.8, 4) is 0 Å². The van der Waals surface area contributed by atoms with Gasteiger partial charge < -0.3 is 15.5 Å². The molecule has 0 radical (unpaired) electrons. The molecule has 0 spiro atoms. The van der Waals surface area contributed by atoms with Gasteiger partial charge in [-0.2, -0.15) is 0 Å². The van der Waals surface area contributed by atoms with Crippen molar-refractivity contribution in [2.75, 3.05) is 37.8 Å². The number of nitrogens with zero attached hydrogens (tertiary/aromatic N) is 3.